The Labute approximate surface area is 116 Å². The smallest absolute Gasteiger partial charge is 0.317 e. The number of carbonyl (C=O) groups excluding carboxylic acids is 1. The van der Waals surface area contributed by atoms with E-state index in [0.717, 1.165) is 5.56 Å². The van der Waals surface area contributed by atoms with Gasteiger partial charge in [0.25, 0.3) is 0 Å². The van der Waals surface area contributed by atoms with Crippen molar-refractivity contribution < 1.29 is 14.7 Å². The second-order valence-electron chi connectivity index (χ2n) is 4.67. The molecule has 1 fully saturated rings. The number of benzene rings is 1. The predicted molar refractivity (Wildman–Crippen MR) is 71.1 cm³/mol. The number of amides is 2. The highest BCUT2D eigenvalue weighted by Gasteiger charge is 2.35. The first-order chi connectivity index (χ1) is 8.97. The molecule has 0 saturated carbocycles. The minimum Gasteiger partial charge on any atom is -0.481 e. The third-order valence-corrected chi connectivity index (χ3v) is 3.44. The Balaban J connectivity index is 1.88. The summed E-state index contributed by atoms with van der Waals surface area (Å²) in [7, 11) is 0. The number of carboxylic acids is 1. The maximum atomic E-state index is 11.9. The molecule has 1 aliphatic rings. The number of halogens is 1. The van der Waals surface area contributed by atoms with Crippen molar-refractivity contribution in [3.05, 3.63) is 34.9 Å². The number of carboxylic acid groups (broad SMARTS) is 1. The molecule has 102 valence electrons. The van der Waals surface area contributed by atoms with Gasteiger partial charge in [-0.2, -0.15) is 0 Å². The molecule has 2 N–H and O–H groups in total. The lowest BCUT2D eigenvalue weighted by atomic mass is 10.0. The number of nitrogens with zero attached hydrogens (tertiary/aromatic N) is 1. The van der Waals surface area contributed by atoms with Crippen LogP contribution in [0.25, 0.3) is 0 Å². The van der Waals surface area contributed by atoms with E-state index >= 15 is 0 Å². The average molecular weight is 283 g/mol. The van der Waals surface area contributed by atoms with Crippen LogP contribution >= 0.6 is 11.6 Å². The standard InChI is InChI=1S/C13H15ClN2O3/c1-8(9-3-2-4-11(14)5-9)15-13(19)16-6-10(7-16)12(17)18/h2-5,8,10H,6-7H2,1H3,(H,15,19)(H,17,18). The summed E-state index contributed by atoms with van der Waals surface area (Å²) < 4.78 is 0. The van der Waals surface area contributed by atoms with E-state index in [1.54, 1.807) is 12.1 Å². The number of hydrogen-bond donors (Lipinski definition) is 2. The highest BCUT2D eigenvalue weighted by Crippen LogP contribution is 2.20. The zero-order chi connectivity index (χ0) is 14.0. The van der Waals surface area contributed by atoms with Gasteiger partial charge in [-0.3, -0.25) is 4.79 Å². The van der Waals surface area contributed by atoms with Crippen molar-refractivity contribution >= 4 is 23.6 Å². The van der Waals surface area contributed by atoms with E-state index in [1.165, 1.54) is 4.90 Å². The minimum atomic E-state index is -0.855. The van der Waals surface area contributed by atoms with Crippen LogP contribution in [-0.2, 0) is 4.79 Å². The van der Waals surface area contributed by atoms with E-state index in [9.17, 15) is 9.59 Å². The van der Waals surface area contributed by atoms with Crippen LogP contribution in [0.1, 0.15) is 18.5 Å². The summed E-state index contributed by atoms with van der Waals surface area (Å²) in [6, 6.07) is 6.85. The summed E-state index contributed by atoms with van der Waals surface area (Å²) in [5.41, 5.74) is 0.913. The van der Waals surface area contributed by atoms with Crippen molar-refractivity contribution in [3.8, 4) is 0 Å². The van der Waals surface area contributed by atoms with Gasteiger partial charge in [0.15, 0.2) is 0 Å². The zero-order valence-electron chi connectivity index (χ0n) is 10.5. The van der Waals surface area contributed by atoms with Crippen molar-refractivity contribution in [1.29, 1.82) is 0 Å². The SMILES string of the molecule is CC(NC(=O)N1CC(C(=O)O)C1)c1cccc(Cl)c1. The lowest BCUT2D eigenvalue weighted by molar-refractivity contribution is -0.146. The van der Waals surface area contributed by atoms with Crippen LogP contribution < -0.4 is 5.32 Å². The van der Waals surface area contributed by atoms with E-state index in [-0.39, 0.29) is 25.2 Å². The molecule has 0 aliphatic carbocycles. The Morgan fingerprint density at radius 3 is 2.74 bits per heavy atom. The van der Waals surface area contributed by atoms with Crippen LogP contribution in [0.5, 0.6) is 0 Å². The van der Waals surface area contributed by atoms with E-state index in [1.807, 2.05) is 19.1 Å². The van der Waals surface area contributed by atoms with Gasteiger partial charge in [-0.15, -0.1) is 0 Å². The highest BCUT2D eigenvalue weighted by atomic mass is 35.5. The maximum Gasteiger partial charge on any atom is 0.317 e. The van der Waals surface area contributed by atoms with E-state index in [4.69, 9.17) is 16.7 Å². The summed E-state index contributed by atoms with van der Waals surface area (Å²) in [6.45, 7) is 2.39. The van der Waals surface area contributed by atoms with Gasteiger partial charge in [-0.05, 0) is 24.6 Å². The molecule has 1 heterocycles. The molecule has 2 amide bonds. The molecule has 0 aromatic heterocycles. The van der Waals surface area contributed by atoms with Gasteiger partial charge >= 0.3 is 12.0 Å². The van der Waals surface area contributed by atoms with Crippen LogP contribution in [0, 0.1) is 5.92 Å². The number of likely N-dealkylation sites (tertiary alicyclic amines) is 1. The summed E-state index contributed by atoms with van der Waals surface area (Å²) in [5.74, 6) is -1.29. The Morgan fingerprint density at radius 2 is 2.16 bits per heavy atom. The fraction of sp³-hybridized carbons (Fsp3) is 0.385. The second-order valence-corrected chi connectivity index (χ2v) is 5.10. The second kappa shape index (κ2) is 5.48. The summed E-state index contributed by atoms with van der Waals surface area (Å²) >= 11 is 5.89. The van der Waals surface area contributed by atoms with Gasteiger partial charge in [0, 0.05) is 18.1 Å². The van der Waals surface area contributed by atoms with E-state index in [2.05, 4.69) is 5.32 Å². The highest BCUT2D eigenvalue weighted by molar-refractivity contribution is 6.30. The predicted octanol–water partition coefficient (Wildman–Crippen LogP) is 2.13. The van der Waals surface area contributed by atoms with Gasteiger partial charge in [0.1, 0.15) is 0 Å². The topological polar surface area (TPSA) is 69.6 Å². The third kappa shape index (κ3) is 3.17. The van der Waals surface area contributed by atoms with Crippen LogP contribution in [0.2, 0.25) is 5.02 Å². The average Bonchev–Trinajstić information content (AvgIpc) is 2.26. The molecular weight excluding hydrogens is 268 g/mol. The summed E-state index contributed by atoms with van der Waals surface area (Å²) in [4.78, 5) is 24.0. The Hall–Kier alpha value is -1.75. The monoisotopic (exact) mass is 282 g/mol. The molecule has 1 atom stereocenters. The number of urea groups is 1. The molecule has 1 aromatic carbocycles. The van der Waals surface area contributed by atoms with Crippen molar-refractivity contribution in [3.63, 3.8) is 0 Å². The summed E-state index contributed by atoms with van der Waals surface area (Å²) in [5, 5.41) is 12.2. The molecule has 1 aliphatic heterocycles. The molecular formula is C13H15ClN2O3. The van der Waals surface area contributed by atoms with Crippen LogP contribution in [0.15, 0.2) is 24.3 Å². The first-order valence-corrected chi connectivity index (χ1v) is 6.39. The number of carbonyl (C=O) groups is 2. The van der Waals surface area contributed by atoms with Crippen molar-refractivity contribution in [2.45, 2.75) is 13.0 Å². The molecule has 6 heteroatoms. The van der Waals surface area contributed by atoms with E-state index in [0.29, 0.717) is 5.02 Å². The Bertz CT molecular complexity index is 500. The van der Waals surface area contributed by atoms with Crippen LogP contribution in [-0.4, -0.2) is 35.1 Å². The quantitative estimate of drug-likeness (QED) is 0.892. The first kappa shape index (κ1) is 13.7. The molecule has 0 bridgehead atoms. The van der Waals surface area contributed by atoms with E-state index < -0.39 is 11.9 Å². The molecule has 1 saturated heterocycles. The first-order valence-electron chi connectivity index (χ1n) is 6.01. The fourth-order valence-corrected chi connectivity index (χ4v) is 2.14. The molecule has 19 heavy (non-hydrogen) atoms. The minimum absolute atomic E-state index is 0.171. The molecule has 1 unspecified atom stereocenters. The van der Waals surface area contributed by atoms with Crippen LogP contribution in [0.4, 0.5) is 4.79 Å². The largest absolute Gasteiger partial charge is 0.481 e. The maximum absolute atomic E-state index is 11.9. The van der Waals surface area contributed by atoms with Gasteiger partial charge in [0.05, 0.1) is 12.0 Å². The van der Waals surface area contributed by atoms with Crippen molar-refractivity contribution in [2.24, 2.45) is 5.92 Å². The van der Waals surface area contributed by atoms with Crippen molar-refractivity contribution in [2.75, 3.05) is 13.1 Å². The Kier molecular flexibility index (Phi) is 3.95. The van der Waals surface area contributed by atoms with Gasteiger partial charge in [-0.25, -0.2) is 4.79 Å². The number of aliphatic carboxylic acids is 1. The Morgan fingerprint density at radius 1 is 1.47 bits per heavy atom. The van der Waals surface area contributed by atoms with Gasteiger partial charge in [0.2, 0.25) is 0 Å². The molecule has 5 nitrogen and oxygen atoms in total. The molecule has 1 aromatic rings. The van der Waals surface area contributed by atoms with Gasteiger partial charge < -0.3 is 15.3 Å². The summed E-state index contributed by atoms with van der Waals surface area (Å²) in [6.07, 6.45) is 0. The van der Waals surface area contributed by atoms with Crippen molar-refractivity contribution in [1.82, 2.24) is 10.2 Å². The number of hydrogen-bond acceptors (Lipinski definition) is 2. The fourth-order valence-electron chi connectivity index (χ4n) is 1.94. The lowest BCUT2D eigenvalue weighted by Gasteiger charge is -2.37. The third-order valence-electron chi connectivity index (χ3n) is 3.21. The van der Waals surface area contributed by atoms with Gasteiger partial charge in [-0.1, -0.05) is 23.7 Å². The molecule has 0 spiro atoms. The normalized spacial score (nSPS) is 16.6. The molecule has 2 rings (SSSR count). The lowest BCUT2D eigenvalue weighted by Crippen LogP contribution is -2.56. The zero-order valence-corrected chi connectivity index (χ0v) is 11.2. The molecule has 0 radical (unpaired) electrons. The number of nitrogens with one attached hydrogen (secondary N) is 1. The van der Waals surface area contributed by atoms with Crippen LogP contribution in [0.3, 0.4) is 0 Å². The number of rotatable bonds is 3.